The van der Waals surface area contributed by atoms with Crippen molar-refractivity contribution in [2.75, 3.05) is 0 Å². The molecule has 0 bridgehead atoms. The Bertz CT molecular complexity index is 295. The number of alkyl carbamates (subject to hydrolysis) is 1. The van der Waals surface area contributed by atoms with E-state index < -0.39 is 17.7 Å². The van der Waals surface area contributed by atoms with Crippen molar-refractivity contribution < 1.29 is 14.3 Å². The fraction of sp³-hybridized carbons (Fsp3) is 0.818. The van der Waals surface area contributed by atoms with Crippen LogP contribution in [0.4, 0.5) is 4.79 Å². The number of rotatable bonds is 4. The summed E-state index contributed by atoms with van der Waals surface area (Å²) in [6.45, 7) is 5.31. The molecule has 2 amide bonds. The lowest BCUT2D eigenvalue weighted by molar-refractivity contribution is -0.123. The van der Waals surface area contributed by atoms with E-state index in [9.17, 15) is 9.59 Å². The fourth-order valence-electron chi connectivity index (χ4n) is 1.47. The summed E-state index contributed by atoms with van der Waals surface area (Å²) in [5, 5.41) is 2.54. The van der Waals surface area contributed by atoms with Crippen molar-refractivity contribution in [1.82, 2.24) is 10.7 Å². The van der Waals surface area contributed by atoms with Crippen LogP contribution in [0.3, 0.4) is 0 Å². The van der Waals surface area contributed by atoms with Crippen molar-refractivity contribution in [1.29, 1.82) is 0 Å². The summed E-state index contributed by atoms with van der Waals surface area (Å²) in [5.74, 6) is 5.20. The Labute approximate surface area is 101 Å². The van der Waals surface area contributed by atoms with E-state index in [1.807, 2.05) is 0 Å². The van der Waals surface area contributed by atoms with Crippen LogP contribution in [0.2, 0.25) is 0 Å². The predicted molar refractivity (Wildman–Crippen MR) is 62.8 cm³/mol. The summed E-state index contributed by atoms with van der Waals surface area (Å²) < 4.78 is 5.09. The topological polar surface area (TPSA) is 93.4 Å². The van der Waals surface area contributed by atoms with E-state index in [1.165, 1.54) is 0 Å². The third kappa shape index (κ3) is 5.53. The average molecular weight is 243 g/mol. The first-order valence-electron chi connectivity index (χ1n) is 5.82. The van der Waals surface area contributed by atoms with Crippen LogP contribution in [-0.4, -0.2) is 23.6 Å². The molecule has 1 fully saturated rings. The smallest absolute Gasteiger partial charge is 0.408 e. The summed E-state index contributed by atoms with van der Waals surface area (Å²) in [6, 6.07) is -0.609. The summed E-state index contributed by atoms with van der Waals surface area (Å²) in [5.41, 5.74) is 1.48. The molecule has 0 aromatic heterocycles. The van der Waals surface area contributed by atoms with E-state index in [4.69, 9.17) is 10.6 Å². The summed E-state index contributed by atoms with van der Waals surface area (Å²) in [6.07, 6.45) is 2.23. The molecule has 0 spiro atoms. The highest BCUT2D eigenvalue weighted by atomic mass is 16.6. The Hall–Kier alpha value is -1.30. The third-order valence-electron chi connectivity index (χ3n) is 2.42. The molecule has 0 aliphatic heterocycles. The minimum Gasteiger partial charge on any atom is -0.444 e. The molecule has 6 heteroatoms. The number of nitrogens with two attached hydrogens (primary N) is 1. The van der Waals surface area contributed by atoms with Gasteiger partial charge in [-0.15, -0.1) is 0 Å². The van der Waals surface area contributed by atoms with Crippen LogP contribution in [0.1, 0.15) is 40.0 Å². The predicted octanol–water partition coefficient (Wildman–Crippen LogP) is 0.670. The van der Waals surface area contributed by atoms with Crippen LogP contribution in [-0.2, 0) is 9.53 Å². The average Bonchev–Trinajstić information content (AvgIpc) is 2.96. The zero-order chi connectivity index (χ0) is 13.1. The maximum absolute atomic E-state index is 11.5. The first-order chi connectivity index (χ1) is 7.81. The summed E-state index contributed by atoms with van der Waals surface area (Å²) >= 11 is 0. The second-order valence-corrected chi connectivity index (χ2v) is 5.39. The van der Waals surface area contributed by atoms with Gasteiger partial charge in [-0.1, -0.05) is 12.8 Å². The van der Waals surface area contributed by atoms with Gasteiger partial charge in [0.25, 0.3) is 5.91 Å². The van der Waals surface area contributed by atoms with Gasteiger partial charge in [0.1, 0.15) is 11.6 Å². The quantitative estimate of drug-likeness (QED) is 0.384. The molecule has 1 atom stereocenters. The van der Waals surface area contributed by atoms with Gasteiger partial charge in [-0.2, -0.15) is 0 Å². The van der Waals surface area contributed by atoms with Gasteiger partial charge in [0.05, 0.1) is 0 Å². The maximum atomic E-state index is 11.5. The Balaban J connectivity index is 2.46. The van der Waals surface area contributed by atoms with Crippen molar-refractivity contribution in [3.8, 4) is 0 Å². The van der Waals surface area contributed by atoms with Gasteiger partial charge in [-0.05, 0) is 33.1 Å². The largest absolute Gasteiger partial charge is 0.444 e. The molecule has 1 saturated carbocycles. The Morgan fingerprint density at radius 2 is 2.00 bits per heavy atom. The monoisotopic (exact) mass is 243 g/mol. The zero-order valence-corrected chi connectivity index (χ0v) is 10.6. The molecule has 98 valence electrons. The van der Waals surface area contributed by atoms with Crippen molar-refractivity contribution >= 4 is 12.0 Å². The molecule has 1 rings (SSSR count). The van der Waals surface area contributed by atoms with Gasteiger partial charge < -0.3 is 10.1 Å². The van der Waals surface area contributed by atoms with Gasteiger partial charge >= 0.3 is 6.09 Å². The van der Waals surface area contributed by atoms with E-state index in [0.29, 0.717) is 12.3 Å². The molecule has 0 unspecified atom stereocenters. The van der Waals surface area contributed by atoms with Gasteiger partial charge in [0.15, 0.2) is 0 Å². The van der Waals surface area contributed by atoms with Gasteiger partial charge in [0.2, 0.25) is 0 Å². The molecule has 17 heavy (non-hydrogen) atoms. The van der Waals surface area contributed by atoms with E-state index >= 15 is 0 Å². The highest BCUT2D eigenvalue weighted by Gasteiger charge is 2.31. The van der Waals surface area contributed by atoms with E-state index in [1.54, 1.807) is 20.8 Å². The number of nitrogens with one attached hydrogen (secondary N) is 2. The van der Waals surface area contributed by atoms with Crippen LogP contribution in [0.25, 0.3) is 0 Å². The fourth-order valence-corrected chi connectivity index (χ4v) is 1.47. The van der Waals surface area contributed by atoms with E-state index in [2.05, 4.69) is 10.7 Å². The van der Waals surface area contributed by atoms with E-state index in [-0.39, 0.29) is 5.91 Å². The molecule has 1 aliphatic carbocycles. The van der Waals surface area contributed by atoms with Crippen molar-refractivity contribution in [3.05, 3.63) is 0 Å². The number of amides is 2. The van der Waals surface area contributed by atoms with Crippen molar-refractivity contribution in [2.45, 2.75) is 51.7 Å². The van der Waals surface area contributed by atoms with Gasteiger partial charge in [-0.3, -0.25) is 10.2 Å². The molecule has 0 aromatic carbocycles. The highest BCUT2D eigenvalue weighted by molar-refractivity contribution is 5.85. The molecular formula is C11H21N3O3. The lowest BCUT2D eigenvalue weighted by atomic mass is 10.1. The maximum Gasteiger partial charge on any atom is 0.408 e. The number of hydrazine groups is 1. The van der Waals surface area contributed by atoms with Crippen LogP contribution in [0.15, 0.2) is 0 Å². The van der Waals surface area contributed by atoms with Gasteiger partial charge in [-0.25, -0.2) is 10.6 Å². The van der Waals surface area contributed by atoms with E-state index in [0.717, 1.165) is 12.8 Å². The molecular weight excluding hydrogens is 222 g/mol. The number of carbonyl (C=O) groups is 2. The molecule has 6 nitrogen and oxygen atoms in total. The van der Waals surface area contributed by atoms with Crippen LogP contribution in [0.5, 0.6) is 0 Å². The van der Waals surface area contributed by atoms with Gasteiger partial charge in [0, 0.05) is 0 Å². The number of hydrogen-bond donors (Lipinski definition) is 3. The lowest BCUT2D eigenvalue weighted by Crippen LogP contribution is -2.50. The third-order valence-corrected chi connectivity index (χ3v) is 2.42. The summed E-state index contributed by atoms with van der Waals surface area (Å²) in [7, 11) is 0. The van der Waals surface area contributed by atoms with Crippen molar-refractivity contribution in [2.24, 2.45) is 11.8 Å². The number of ether oxygens (including phenoxy) is 1. The number of hydrogen-bond acceptors (Lipinski definition) is 4. The SMILES string of the molecule is CC(C)(C)OC(=O)N[C@@H](CC1CC1)C(=O)NN. The van der Waals surface area contributed by atoms with Crippen LogP contribution < -0.4 is 16.6 Å². The minimum absolute atomic E-state index is 0.386. The normalized spacial score (nSPS) is 17.2. The van der Waals surface area contributed by atoms with Crippen LogP contribution >= 0.6 is 0 Å². The second-order valence-electron chi connectivity index (χ2n) is 5.39. The highest BCUT2D eigenvalue weighted by Crippen LogP contribution is 2.33. The Kier molecular flexibility index (Phi) is 4.34. The molecule has 0 aromatic rings. The molecule has 0 saturated heterocycles. The first kappa shape index (κ1) is 13.8. The zero-order valence-electron chi connectivity index (χ0n) is 10.6. The molecule has 0 radical (unpaired) electrons. The first-order valence-corrected chi connectivity index (χ1v) is 5.82. The molecule has 1 aliphatic rings. The molecule has 4 N–H and O–H groups in total. The van der Waals surface area contributed by atoms with Crippen LogP contribution in [0, 0.1) is 5.92 Å². The van der Waals surface area contributed by atoms with Crippen molar-refractivity contribution in [3.63, 3.8) is 0 Å². The minimum atomic E-state index is -0.609. The number of carbonyl (C=O) groups excluding carboxylic acids is 2. The standard InChI is InChI=1S/C11H21N3O3/c1-11(2,3)17-10(16)13-8(9(15)14-12)6-7-4-5-7/h7-8H,4-6,12H2,1-3H3,(H,13,16)(H,14,15)/t8-/m0/s1. The summed E-state index contributed by atoms with van der Waals surface area (Å²) in [4.78, 5) is 23.0. The second kappa shape index (κ2) is 5.35. The lowest BCUT2D eigenvalue weighted by Gasteiger charge is -2.22. The molecule has 0 heterocycles. The Morgan fingerprint density at radius 1 is 1.41 bits per heavy atom. The Morgan fingerprint density at radius 3 is 2.41 bits per heavy atom.